The molecule has 0 atom stereocenters. The van der Waals surface area contributed by atoms with Crippen molar-refractivity contribution in [3.8, 4) is 56.4 Å². The summed E-state index contributed by atoms with van der Waals surface area (Å²) in [6, 6.07) is 72.7. The molecule has 57 heavy (non-hydrogen) atoms. The van der Waals surface area contributed by atoms with Gasteiger partial charge in [0.1, 0.15) is 0 Å². The van der Waals surface area contributed by atoms with Crippen molar-refractivity contribution >= 4 is 21.8 Å². The molecule has 1 aliphatic rings. The van der Waals surface area contributed by atoms with Crippen LogP contribution >= 0.6 is 0 Å². The molecule has 4 nitrogen and oxygen atoms in total. The number of hydrogen-bond donors (Lipinski definition) is 0. The minimum Gasteiger partial charge on any atom is -0.228 e. The first kappa shape index (κ1) is 32.8. The standard InChI is InChI=1S/C53H34N4/c1-5-17-35(18-6-1)49-43-25-13-15-27-47(43)54-51(56-49)37-29-31-41-42-32-30-38(52-55-48-28-16-14-26-44(48)50(57-52)36-19-7-2-8-20-36)34-46(42)53(45(41)33-37,39-21-9-3-10-22-39)40-23-11-4-12-24-40/h1-34H. The van der Waals surface area contributed by atoms with Gasteiger partial charge in [0.05, 0.1) is 27.8 Å². The van der Waals surface area contributed by atoms with Crippen LogP contribution in [0.15, 0.2) is 206 Å². The fourth-order valence-electron chi connectivity index (χ4n) is 8.81. The van der Waals surface area contributed by atoms with Crippen LogP contribution in [0.5, 0.6) is 0 Å². The molecule has 0 N–H and O–H groups in total. The first-order valence-corrected chi connectivity index (χ1v) is 19.3. The van der Waals surface area contributed by atoms with Gasteiger partial charge < -0.3 is 0 Å². The summed E-state index contributed by atoms with van der Waals surface area (Å²) < 4.78 is 0. The zero-order valence-electron chi connectivity index (χ0n) is 30.9. The topological polar surface area (TPSA) is 51.6 Å². The maximum Gasteiger partial charge on any atom is 0.160 e. The van der Waals surface area contributed by atoms with Crippen molar-refractivity contribution in [2.75, 3.05) is 0 Å². The van der Waals surface area contributed by atoms with Crippen molar-refractivity contribution in [2.24, 2.45) is 0 Å². The van der Waals surface area contributed by atoms with E-state index < -0.39 is 5.41 Å². The summed E-state index contributed by atoms with van der Waals surface area (Å²) in [6.07, 6.45) is 0. The fraction of sp³-hybridized carbons (Fsp3) is 0.0189. The van der Waals surface area contributed by atoms with Crippen molar-refractivity contribution in [2.45, 2.75) is 5.41 Å². The third-order valence-corrected chi connectivity index (χ3v) is 11.4. The summed E-state index contributed by atoms with van der Waals surface area (Å²) in [4.78, 5) is 21.0. The molecule has 0 bridgehead atoms. The summed E-state index contributed by atoms with van der Waals surface area (Å²) in [5.41, 5.74) is 14.2. The first-order chi connectivity index (χ1) is 28.3. The summed E-state index contributed by atoms with van der Waals surface area (Å²) in [5.74, 6) is 1.39. The molecule has 4 heteroatoms. The van der Waals surface area contributed by atoms with Gasteiger partial charge in [0.2, 0.25) is 0 Å². The summed E-state index contributed by atoms with van der Waals surface area (Å²) in [6.45, 7) is 0. The molecule has 0 aliphatic heterocycles. The Morgan fingerprint density at radius 2 is 0.667 bits per heavy atom. The minimum atomic E-state index is -0.655. The molecule has 2 heterocycles. The molecule has 0 spiro atoms. The van der Waals surface area contributed by atoms with Crippen molar-refractivity contribution < 1.29 is 0 Å². The molecular weight excluding hydrogens is 693 g/mol. The van der Waals surface area contributed by atoms with Crippen molar-refractivity contribution in [3.63, 3.8) is 0 Å². The van der Waals surface area contributed by atoms with Crippen molar-refractivity contribution in [1.82, 2.24) is 19.9 Å². The van der Waals surface area contributed by atoms with Gasteiger partial charge in [-0.3, -0.25) is 0 Å². The van der Waals surface area contributed by atoms with Gasteiger partial charge in [0.25, 0.3) is 0 Å². The predicted octanol–water partition coefficient (Wildman–Crippen LogP) is 12.6. The number of rotatable bonds is 6. The minimum absolute atomic E-state index is 0.655. The lowest BCUT2D eigenvalue weighted by atomic mass is 9.67. The third-order valence-electron chi connectivity index (χ3n) is 11.4. The maximum absolute atomic E-state index is 5.29. The lowest BCUT2D eigenvalue weighted by Gasteiger charge is -2.34. The van der Waals surface area contributed by atoms with E-state index in [1.807, 2.05) is 24.3 Å². The molecule has 1 aliphatic carbocycles. The molecule has 8 aromatic carbocycles. The Labute approximate surface area is 330 Å². The van der Waals surface area contributed by atoms with Gasteiger partial charge in [0.15, 0.2) is 11.6 Å². The number of benzene rings is 8. The van der Waals surface area contributed by atoms with Crippen LogP contribution in [-0.2, 0) is 5.41 Å². The van der Waals surface area contributed by atoms with Crippen LogP contribution in [0.25, 0.3) is 78.2 Å². The summed E-state index contributed by atoms with van der Waals surface area (Å²) >= 11 is 0. The Morgan fingerprint density at radius 1 is 0.298 bits per heavy atom. The van der Waals surface area contributed by atoms with E-state index in [1.54, 1.807) is 0 Å². The highest BCUT2D eigenvalue weighted by Gasteiger charge is 2.46. The Balaban J connectivity index is 1.17. The Morgan fingerprint density at radius 3 is 1.09 bits per heavy atom. The average molecular weight is 727 g/mol. The van der Waals surface area contributed by atoms with E-state index in [0.717, 1.165) is 55.4 Å². The van der Waals surface area contributed by atoms with Crippen LogP contribution in [0.3, 0.4) is 0 Å². The number of aromatic nitrogens is 4. The van der Waals surface area contributed by atoms with Gasteiger partial charge in [0, 0.05) is 33.0 Å². The summed E-state index contributed by atoms with van der Waals surface area (Å²) in [5, 5.41) is 2.06. The molecule has 0 saturated heterocycles. The average Bonchev–Trinajstić information content (AvgIpc) is 3.59. The predicted molar refractivity (Wildman–Crippen MR) is 232 cm³/mol. The molecule has 11 rings (SSSR count). The maximum atomic E-state index is 5.29. The van der Waals surface area contributed by atoms with Crippen LogP contribution in [-0.4, -0.2) is 19.9 Å². The number of para-hydroxylation sites is 2. The van der Waals surface area contributed by atoms with Gasteiger partial charge in [-0.15, -0.1) is 0 Å². The fourth-order valence-corrected chi connectivity index (χ4v) is 8.81. The number of fused-ring (bicyclic) bond motifs is 5. The molecule has 0 radical (unpaired) electrons. The SMILES string of the molecule is c1ccc(-c2nc(-c3ccc4c(c3)C(c3ccccc3)(c3ccccc3)c3cc(-c5nc(-c6ccccc6)c6ccccc6n5)ccc3-4)nc3ccccc23)cc1. The van der Waals surface area contributed by atoms with Crippen LogP contribution in [0, 0.1) is 0 Å². The van der Waals surface area contributed by atoms with Gasteiger partial charge in [-0.05, 0) is 57.6 Å². The van der Waals surface area contributed by atoms with Crippen LogP contribution < -0.4 is 0 Å². The lowest BCUT2D eigenvalue weighted by Crippen LogP contribution is -2.28. The monoisotopic (exact) mass is 726 g/mol. The second-order valence-electron chi connectivity index (χ2n) is 14.6. The highest BCUT2D eigenvalue weighted by molar-refractivity contribution is 5.96. The smallest absolute Gasteiger partial charge is 0.160 e. The van der Waals surface area contributed by atoms with E-state index in [1.165, 1.54) is 33.4 Å². The third kappa shape index (κ3) is 5.30. The van der Waals surface area contributed by atoms with Gasteiger partial charge in [-0.2, -0.15) is 0 Å². The molecule has 0 amide bonds. The van der Waals surface area contributed by atoms with E-state index in [0.29, 0.717) is 11.6 Å². The summed E-state index contributed by atoms with van der Waals surface area (Å²) in [7, 11) is 0. The molecule has 266 valence electrons. The second-order valence-corrected chi connectivity index (χ2v) is 14.6. The Hall–Kier alpha value is -7.56. The zero-order chi connectivity index (χ0) is 37.8. The molecule has 10 aromatic rings. The van der Waals surface area contributed by atoms with E-state index in [2.05, 4.69) is 182 Å². The highest BCUT2D eigenvalue weighted by Crippen LogP contribution is 2.57. The van der Waals surface area contributed by atoms with Crippen LogP contribution in [0.1, 0.15) is 22.3 Å². The quantitative estimate of drug-likeness (QED) is 0.171. The number of hydrogen-bond acceptors (Lipinski definition) is 4. The molecule has 2 aromatic heterocycles. The normalized spacial score (nSPS) is 12.7. The lowest BCUT2D eigenvalue weighted by molar-refractivity contribution is 0.768. The zero-order valence-corrected chi connectivity index (χ0v) is 30.9. The van der Waals surface area contributed by atoms with Crippen molar-refractivity contribution in [3.05, 3.63) is 229 Å². The van der Waals surface area contributed by atoms with E-state index in [9.17, 15) is 0 Å². The van der Waals surface area contributed by atoms with E-state index >= 15 is 0 Å². The van der Waals surface area contributed by atoms with Crippen LogP contribution in [0.2, 0.25) is 0 Å². The number of nitrogens with zero attached hydrogens (tertiary/aromatic N) is 4. The Bertz CT molecular complexity index is 2890. The van der Waals surface area contributed by atoms with Crippen LogP contribution in [0.4, 0.5) is 0 Å². The van der Waals surface area contributed by atoms with E-state index in [4.69, 9.17) is 19.9 Å². The highest BCUT2D eigenvalue weighted by atomic mass is 14.9. The molecule has 0 saturated carbocycles. The molecule has 0 fully saturated rings. The Kier molecular flexibility index (Phi) is 7.68. The largest absolute Gasteiger partial charge is 0.228 e. The second kappa shape index (κ2) is 13.3. The van der Waals surface area contributed by atoms with Gasteiger partial charge in [-0.1, -0.05) is 182 Å². The molecule has 0 unspecified atom stereocenters. The van der Waals surface area contributed by atoms with Crippen molar-refractivity contribution in [1.29, 1.82) is 0 Å². The van der Waals surface area contributed by atoms with E-state index in [-0.39, 0.29) is 0 Å². The molecular formula is C53H34N4. The van der Waals surface area contributed by atoms with Gasteiger partial charge in [-0.25, -0.2) is 19.9 Å². The van der Waals surface area contributed by atoms with Gasteiger partial charge >= 0.3 is 0 Å². The first-order valence-electron chi connectivity index (χ1n) is 19.3.